The standard InChI is InChI=1S/C12H19N3O2/c1-3-17-11-7-10(13-9(2)14-11)15-12(8-16)5-4-6-12/h7,16H,3-6,8H2,1-2H3,(H,13,14,15). The maximum Gasteiger partial charge on any atom is 0.218 e. The second-order valence-electron chi connectivity index (χ2n) is 4.49. The summed E-state index contributed by atoms with van der Waals surface area (Å²) in [7, 11) is 0. The lowest BCUT2D eigenvalue weighted by molar-refractivity contribution is 0.143. The highest BCUT2D eigenvalue weighted by atomic mass is 16.5. The maximum atomic E-state index is 9.40. The molecule has 0 aromatic carbocycles. The molecule has 1 saturated carbocycles. The zero-order valence-corrected chi connectivity index (χ0v) is 10.4. The Morgan fingerprint density at radius 2 is 2.24 bits per heavy atom. The number of hydrogen-bond donors (Lipinski definition) is 2. The number of hydrogen-bond acceptors (Lipinski definition) is 5. The average molecular weight is 237 g/mol. The van der Waals surface area contributed by atoms with Crippen LogP contribution in [0.2, 0.25) is 0 Å². The molecule has 94 valence electrons. The predicted molar refractivity (Wildman–Crippen MR) is 65.2 cm³/mol. The maximum absolute atomic E-state index is 9.40. The van der Waals surface area contributed by atoms with E-state index in [-0.39, 0.29) is 12.1 Å². The Labute approximate surface area is 101 Å². The minimum Gasteiger partial charge on any atom is -0.478 e. The molecule has 1 fully saturated rings. The molecule has 0 atom stereocenters. The van der Waals surface area contributed by atoms with Gasteiger partial charge in [-0.1, -0.05) is 0 Å². The van der Waals surface area contributed by atoms with Crippen LogP contribution in [0, 0.1) is 6.92 Å². The van der Waals surface area contributed by atoms with Crippen molar-refractivity contribution in [2.75, 3.05) is 18.5 Å². The molecule has 2 rings (SSSR count). The van der Waals surface area contributed by atoms with Crippen molar-refractivity contribution in [3.63, 3.8) is 0 Å². The van der Waals surface area contributed by atoms with Crippen LogP contribution in [0.1, 0.15) is 32.0 Å². The number of aliphatic hydroxyl groups excluding tert-OH is 1. The van der Waals surface area contributed by atoms with E-state index in [2.05, 4.69) is 15.3 Å². The van der Waals surface area contributed by atoms with E-state index in [1.807, 2.05) is 13.8 Å². The molecule has 1 aliphatic carbocycles. The van der Waals surface area contributed by atoms with Crippen LogP contribution in [0.15, 0.2) is 6.07 Å². The van der Waals surface area contributed by atoms with Crippen molar-refractivity contribution in [2.24, 2.45) is 0 Å². The number of aliphatic hydroxyl groups is 1. The van der Waals surface area contributed by atoms with Crippen LogP contribution in [-0.4, -0.2) is 33.8 Å². The summed E-state index contributed by atoms with van der Waals surface area (Å²) in [5.41, 5.74) is -0.190. The van der Waals surface area contributed by atoms with Crippen molar-refractivity contribution in [3.05, 3.63) is 11.9 Å². The quantitative estimate of drug-likeness (QED) is 0.812. The Balaban J connectivity index is 2.14. The van der Waals surface area contributed by atoms with Gasteiger partial charge in [-0.25, -0.2) is 4.98 Å². The molecular weight excluding hydrogens is 218 g/mol. The number of ether oxygens (including phenoxy) is 1. The van der Waals surface area contributed by atoms with Gasteiger partial charge in [0, 0.05) is 6.07 Å². The lowest BCUT2D eigenvalue weighted by Gasteiger charge is -2.41. The largest absolute Gasteiger partial charge is 0.478 e. The van der Waals surface area contributed by atoms with Gasteiger partial charge in [0.2, 0.25) is 5.88 Å². The first-order valence-corrected chi connectivity index (χ1v) is 6.05. The Morgan fingerprint density at radius 3 is 2.76 bits per heavy atom. The summed E-state index contributed by atoms with van der Waals surface area (Å²) >= 11 is 0. The number of aryl methyl sites for hydroxylation is 1. The van der Waals surface area contributed by atoms with E-state index < -0.39 is 0 Å². The van der Waals surface area contributed by atoms with Crippen molar-refractivity contribution < 1.29 is 9.84 Å². The molecule has 1 aliphatic rings. The van der Waals surface area contributed by atoms with E-state index in [0.29, 0.717) is 18.3 Å². The van der Waals surface area contributed by atoms with Crippen molar-refractivity contribution in [1.29, 1.82) is 0 Å². The summed E-state index contributed by atoms with van der Waals surface area (Å²) in [5, 5.41) is 12.7. The highest BCUT2D eigenvalue weighted by Crippen LogP contribution is 2.34. The van der Waals surface area contributed by atoms with E-state index in [4.69, 9.17) is 4.74 Å². The summed E-state index contributed by atoms with van der Waals surface area (Å²) in [6, 6.07) is 1.78. The Morgan fingerprint density at radius 1 is 1.47 bits per heavy atom. The number of aromatic nitrogens is 2. The van der Waals surface area contributed by atoms with Gasteiger partial charge in [-0.15, -0.1) is 0 Å². The average Bonchev–Trinajstić information content (AvgIpc) is 2.23. The summed E-state index contributed by atoms with van der Waals surface area (Å²) in [6.45, 7) is 4.48. The molecular formula is C12H19N3O2. The second-order valence-corrected chi connectivity index (χ2v) is 4.49. The molecule has 5 nitrogen and oxygen atoms in total. The molecule has 17 heavy (non-hydrogen) atoms. The molecule has 0 amide bonds. The van der Waals surface area contributed by atoms with Crippen molar-refractivity contribution >= 4 is 5.82 Å². The molecule has 0 aliphatic heterocycles. The minimum atomic E-state index is -0.190. The SMILES string of the molecule is CCOc1cc(NC2(CO)CCC2)nc(C)n1. The highest BCUT2D eigenvalue weighted by Gasteiger charge is 2.36. The van der Waals surface area contributed by atoms with E-state index in [1.54, 1.807) is 6.07 Å². The van der Waals surface area contributed by atoms with Crippen LogP contribution >= 0.6 is 0 Å². The summed E-state index contributed by atoms with van der Waals surface area (Å²) < 4.78 is 5.37. The first kappa shape index (κ1) is 12.1. The fraction of sp³-hybridized carbons (Fsp3) is 0.667. The predicted octanol–water partition coefficient (Wildman–Crippen LogP) is 1.51. The third-order valence-corrected chi connectivity index (χ3v) is 3.11. The fourth-order valence-corrected chi connectivity index (χ4v) is 2.02. The molecule has 0 radical (unpaired) electrons. The molecule has 1 heterocycles. The Hall–Kier alpha value is -1.36. The fourth-order valence-electron chi connectivity index (χ4n) is 2.02. The van der Waals surface area contributed by atoms with Crippen LogP contribution in [0.4, 0.5) is 5.82 Å². The van der Waals surface area contributed by atoms with Gasteiger partial charge in [0.05, 0.1) is 18.8 Å². The van der Waals surface area contributed by atoms with Gasteiger partial charge < -0.3 is 15.2 Å². The lowest BCUT2D eigenvalue weighted by atomic mass is 9.77. The summed E-state index contributed by atoms with van der Waals surface area (Å²) in [6.07, 6.45) is 3.11. The van der Waals surface area contributed by atoms with Crippen LogP contribution in [0.3, 0.4) is 0 Å². The normalized spacial score (nSPS) is 17.4. The van der Waals surface area contributed by atoms with Crippen LogP contribution in [0.25, 0.3) is 0 Å². The van der Waals surface area contributed by atoms with Gasteiger partial charge >= 0.3 is 0 Å². The molecule has 2 N–H and O–H groups in total. The number of nitrogens with one attached hydrogen (secondary N) is 1. The first-order chi connectivity index (χ1) is 8.17. The zero-order chi connectivity index (χ0) is 12.3. The molecule has 0 unspecified atom stereocenters. The number of anilines is 1. The second kappa shape index (κ2) is 4.87. The number of nitrogens with zero attached hydrogens (tertiary/aromatic N) is 2. The molecule has 1 aromatic heterocycles. The van der Waals surface area contributed by atoms with E-state index in [1.165, 1.54) is 0 Å². The van der Waals surface area contributed by atoms with E-state index >= 15 is 0 Å². The van der Waals surface area contributed by atoms with Gasteiger partial charge in [0.25, 0.3) is 0 Å². The van der Waals surface area contributed by atoms with E-state index in [0.717, 1.165) is 25.1 Å². The highest BCUT2D eigenvalue weighted by molar-refractivity contribution is 5.42. The Bertz CT molecular complexity index is 386. The molecule has 1 aromatic rings. The molecule has 0 saturated heterocycles. The monoisotopic (exact) mass is 237 g/mol. The van der Waals surface area contributed by atoms with Gasteiger partial charge in [-0.3, -0.25) is 0 Å². The van der Waals surface area contributed by atoms with Crippen LogP contribution in [-0.2, 0) is 0 Å². The zero-order valence-electron chi connectivity index (χ0n) is 10.4. The van der Waals surface area contributed by atoms with E-state index in [9.17, 15) is 5.11 Å². The van der Waals surface area contributed by atoms with Crippen molar-refractivity contribution in [2.45, 2.75) is 38.6 Å². The number of rotatable bonds is 5. The third kappa shape index (κ3) is 2.66. The lowest BCUT2D eigenvalue weighted by Crippen LogP contribution is -2.48. The van der Waals surface area contributed by atoms with Gasteiger partial charge in [0.1, 0.15) is 11.6 Å². The van der Waals surface area contributed by atoms with Gasteiger partial charge in [-0.2, -0.15) is 4.98 Å². The smallest absolute Gasteiger partial charge is 0.218 e. The first-order valence-electron chi connectivity index (χ1n) is 6.05. The molecule has 0 spiro atoms. The minimum absolute atomic E-state index is 0.139. The topological polar surface area (TPSA) is 67.3 Å². The van der Waals surface area contributed by atoms with Crippen LogP contribution < -0.4 is 10.1 Å². The summed E-state index contributed by atoms with van der Waals surface area (Å²) in [5.74, 6) is 1.98. The summed E-state index contributed by atoms with van der Waals surface area (Å²) in [4.78, 5) is 8.50. The van der Waals surface area contributed by atoms with Gasteiger partial charge in [-0.05, 0) is 33.1 Å². The van der Waals surface area contributed by atoms with Crippen molar-refractivity contribution in [3.8, 4) is 5.88 Å². The Kier molecular flexibility index (Phi) is 3.47. The van der Waals surface area contributed by atoms with Crippen LogP contribution in [0.5, 0.6) is 5.88 Å². The molecule has 0 bridgehead atoms. The van der Waals surface area contributed by atoms with Crippen molar-refractivity contribution in [1.82, 2.24) is 9.97 Å². The van der Waals surface area contributed by atoms with Gasteiger partial charge in [0.15, 0.2) is 0 Å². The third-order valence-electron chi connectivity index (χ3n) is 3.11. The molecule has 5 heteroatoms.